The maximum absolute atomic E-state index is 10.6. The molecule has 0 aliphatic carbocycles. The number of aryl methyl sites for hydroxylation is 1. The van der Waals surface area contributed by atoms with Gasteiger partial charge in [-0.2, -0.15) is 0 Å². The van der Waals surface area contributed by atoms with Crippen molar-refractivity contribution in [3.8, 4) is 0 Å². The summed E-state index contributed by atoms with van der Waals surface area (Å²) in [6, 6.07) is 1.63. The summed E-state index contributed by atoms with van der Waals surface area (Å²) in [7, 11) is 0. The Morgan fingerprint density at radius 2 is 2.38 bits per heavy atom. The van der Waals surface area contributed by atoms with Crippen LogP contribution in [0.15, 0.2) is 12.3 Å². The minimum atomic E-state index is -0.906. The van der Waals surface area contributed by atoms with Gasteiger partial charge >= 0.3 is 5.97 Å². The van der Waals surface area contributed by atoms with Crippen LogP contribution >= 0.6 is 0 Å². The van der Waals surface area contributed by atoms with Gasteiger partial charge in [0, 0.05) is 24.9 Å². The highest BCUT2D eigenvalue weighted by Gasteiger charge is 2.18. The van der Waals surface area contributed by atoms with Crippen LogP contribution in [0.25, 0.3) is 0 Å². The van der Waals surface area contributed by atoms with Crippen LogP contribution in [0.1, 0.15) is 22.5 Å². The third kappa shape index (κ3) is 1.45. The molecule has 0 spiro atoms. The first-order valence-corrected chi connectivity index (χ1v) is 4.27. The minimum absolute atomic E-state index is 0.309. The van der Waals surface area contributed by atoms with Crippen LogP contribution in [0.4, 0.5) is 0 Å². The molecule has 1 aliphatic rings. The lowest BCUT2D eigenvalue weighted by Gasteiger charge is -2.19. The number of aliphatic hydroxyl groups is 1. The van der Waals surface area contributed by atoms with Crippen molar-refractivity contribution in [1.29, 1.82) is 0 Å². The summed E-state index contributed by atoms with van der Waals surface area (Å²) in [5.41, 5.74) is 1.22. The van der Waals surface area contributed by atoms with Gasteiger partial charge < -0.3 is 14.8 Å². The van der Waals surface area contributed by atoms with Gasteiger partial charge in [-0.05, 0) is 12.5 Å². The van der Waals surface area contributed by atoms with E-state index in [2.05, 4.69) is 0 Å². The zero-order valence-corrected chi connectivity index (χ0v) is 7.10. The first-order valence-electron chi connectivity index (χ1n) is 4.27. The fourth-order valence-corrected chi connectivity index (χ4v) is 1.68. The number of hydrogen-bond acceptors (Lipinski definition) is 2. The van der Waals surface area contributed by atoms with Crippen molar-refractivity contribution in [2.75, 3.05) is 0 Å². The Bertz CT molecular complexity index is 343. The molecule has 0 aromatic carbocycles. The molecule has 0 saturated carbocycles. The van der Waals surface area contributed by atoms with Crippen LogP contribution in [-0.2, 0) is 13.0 Å². The molecular weight excluding hydrogens is 170 g/mol. The fourth-order valence-electron chi connectivity index (χ4n) is 1.68. The average Bonchev–Trinajstić information content (AvgIpc) is 2.46. The number of nitrogens with zero attached hydrogens (tertiary/aromatic N) is 1. The number of carbonyl (C=O) groups is 1. The molecule has 2 rings (SSSR count). The van der Waals surface area contributed by atoms with Gasteiger partial charge in [-0.3, -0.25) is 0 Å². The predicted molar refractivity (Wildman–Crippen MR) is 45.7 cm³/mol. The molecule has 1 unspecified atom stereocenters. The SMILES string of the molecule is O=C(O)c1cc2n(c1)CCC(O)C2. The van der Waals surface area contributed by atoms with Crippen molar-refractivity contribution in [2.45, 2.75) is 25.5 Å². The number of aliphatic hydroxyl groups excluding tert-OH is 1. The quantitative estimate of drug-likeness (QED) is 0.663. The van der Waals surface area contributed by atoms with E-state index in [9.17, 15) is 9.90 Å². The second-order valence-electron chi connectivity index (χ2n) is 3.37. The van der Waals surface area contributed by atoms with E-state index in [1.165, 1.54) is 0 Å². The van der Waals surface area contributed by atoms with Gasteiger partial charge in [-0.1, -0.05) is 0 Å². The van der Waals surface area contributed by atoms with Crippen molar-refractivity contribution in [3.63, 3.8) is 0 Å². The molecule has 0 amide bonds. The molecule has 4 nitrogen and oxygen atoms in total. The van der Waals surface area contributed by atoms with Crippen LogP contribution < -0.4 is 0 Å². The molecule has 2 N–H and O–H groups in total. The molecular formula is C9H11NO3. The Balaban J connectivity index is 2.33. The van der Waals surface area contributed by atoms with Gasteiger partial charge in [0.1, 0.15) is 0 Å². The maximum Gasteiger partial charge on any atom is 0.337 e. The summed E-state index contributed by atoms with van der Waals surface area (Å²) in [6.45, 7) is 0.712. The number of carboxylic acid groups (broad SMARTS) is 1. The number of aromatic carboxylic acids is 1. The lowest BCUT2D eigenvalue weighted by atomic mass is 10.1. The highest BCUT2D eigenvalue weighted by molar-refractivity contribution is 5.87. The summed E-state index contributed by atoms with van der Waals surface area (Å²) in [5.74, 6) is -0.906. The molecule has 13 heavy (non-hydrogen) atoms. The molecule has 1 aromatic heterocycles. The molecule has 0 bridgehead atoms. The normalized spacial score (nSPS) is 21.2. The maximum atomic E-state index is 10.6. The first kappa shape index (κ1) is 8.31. The van der Waals surface area contributed by atoms with Gasteiger partial charge in [0.25, 0.3) is 0 Å². The third-order valence-corrected chi connectivity index (χ3v) is 2.38. The van der Waals surface area contributed by atoms with E-state index in [0.717, 1.165) is 5.69 Å². The number of hydrogen-bond donors (Lipinski definition) is 2. The van der Waals surface area contributed by atoms with Crippen molar-refractivity contribution in [2.24, 2.45) is 0 Å². The largest absolute Gasteiger partial charge is 0.478 e. The highest BCUT2D eigenvalue weighted by atomic mass is 16.4. The fraction of sp³-hybridized carbons (Fsp3) is 0.444. The average molecular weight is 181 g/mol. The van der Waals surface area contributed by atoms with Crippen LogP contribution in [-0.4, -0.2) is 26.9 Å². The summed E-state index contributed by atoms with van der Waals surface area (Å²) < 4.78 is 1.90. The Morgan fingerprint density at radius 1 is 1.62 bits per heavy atom. The standard InChI is InChI=1S/C9H11NO3/c11-8-1-2-10-5-6(9(12)13)3-7(10)4-8/h3,5,8,11H,1-2,4H2,(H,12,13). The second kappa shape index (κ2) is 2.88. The Kier molecular flexibility index (Phi) is 1.84. The van der Waals surface area contributed by atoms with Gasteiger partial charge in [0.05, 0.1) is 11.7 Å². The van der Waals surface area contributed by atoms with E-state index in [1.54, 1.807) is 12.3 Å². The first-order chi connectivity index (χ1) is 6.16. The Morgan fingerprint density at radius 3 is 3.08 bits per heavy atom. The summed E-state index contributed by atoms with van der Waals surface area (Å²) in [6.07, 6.45) is 2.58. The smallest absolute Gasteiger partial charge is 0.337 e. The van der Waals surface area contributed by atoms with E-state index in [1.807, 2.05) is 4.57 Å². The van der Waals surface area contributed by atoms with Gasteiger partial charge in [-0.25, -0.2) is 4.79 Å². The molecule has 2 heterocycles. The van der Waals surface area contributed by atoms with Crippen LogP contribution in [0.2, 0.25) is 0 Å². The van der Waals surface area contributed by atoms with E-state index in [-0.39, 0.29) is 6.10 Å². The molecule has 4 heteroatoms. The van der Waals surface area contributed by atoms with E-state index in [4.69, 9.17) is 5.11 Å². The zero-order chi connectivity index (χ0) is 9.42. The van der Waals surface area contributed by atoms with Crippen molar-refractivity contribution < 1.29 is 15.0 Å². The molecule has 1 aliphatic heterocycles. The summed E-state index contributed by atoms with van der Waals surface area (Å²) in [5, 5.41) is 18.1. The van der Waals surface area contributed by atoms with Gasteiger partial charge in [0.15, 0.2) is 0 Å². The van der Waals surface area contributed by atoms with E-state index < -0.39 is 5.97 Å². The molecule has 0 fully saturated rings. The molecule has 70 valence electrons. The number of carboxylic acids is 1. The highest BCUT2D eigenvalue weighted by Crippen LogP contribution is 2.18. The van der Waals surface area contributed by atoms with Gasteiger partial charge in [-0.15, -0.1) is 0 Å². The summed E-state index contributed by atoms with van der Waals surface area (Å²) >= 11 is 0. The number of fused-ring (bicyclic) bond motifs is 1. The lowest BCUT2D eigenvalue weighted by molar-refractivity contribution is 0.0697. The zero-order valence-electron chi connectivity index (χ0n) is 7.10. The summed E-state index contributed by atoms with van der Waals surface area (Å²) in [4.78, 5) is 10.6. The topological polar surface area (TPSA) is 62.5 Å². The minimum Gasteiger partial charge on any atom is -0.478 e. The lowest BCUT2D eigenvalue weighted by Crippen LogP contribution is -2.21. The Hall–Kier alpha value is -1.29. The monoisotopic (exact) mass is 181 g/mol. The third-order valence-electron chi connectivity index (χ3n) is 2.38. The van der Waals surface area contributed by atoms with Crippen LogP contribution in [0.3, 0.4) is 0 Å². The molecule has 1 atom stereocenters. The van der Waals surface area contributed by atoms with E-state index >= 15 is 0 Å². The van der Waals surface area contributed by atoms with Gasteiger partial charge in [0.2, 0.25) is 0 Å². The van der Waals surface area contributed by atoms with Crippen molar-refractivity contribution in [3.05, 3.63) is 23.5 Å². The molecule has 1 aromatic rings. The number of aromatic nitrogens is 1. The van der Waals surface area contributed by atoms with Crippen molar-refractivity contribution in [1.82, 2.24) is 4.57 Å². The number of rotatable bonds is 1. The van der Waals surface area contributed by atoms with Crippen LogP contribution in [0.5, 0.6) is 0 Å². The molecule has 0 radical (unpaired) electrons. The predicted octanol–water partition coefficient (Wildman–Crippen LogP) is 0.493. The molecule has 0 saturated heterocycles. The Labute approximate surface area is 75.4 Å². The van der Waals surface area contributed by atoms with Crippen LogP contribution in [0, 0.1) is 0 Å². The second-order valence-corrected chi connectivity index (χ2v) is 3.37. The van der Waals surface area contributed by atoms with Crippen molar-refractivity contribution >= 4 is 5.97 Å². The van der Waals surface area contributed by atoms with E-state index in [0.29, 0.717) is 24.9 Å².